The van der Waals surface area contributed by atoms with Gasteiger partial charge < -0.3 is 15.4 Å². The molecule has 3 rings (SSSR count). The van der Waals surface area contributed by atoms with Crippen LogP contribution in [-0.4, -0.2) is 65.8 Å². The van der Waals surface area contributed by atoms with E-state index in [0.29, 0.717) is 5.92 Å². The maximum Gasteiger partial charge on any atom is 0.0788 e. The summed E-state index contributed by atoms with van der Waals surface area (Å²) in [4.78, 5) is 5.29. The summed E-state index contributed by atoms with van der Waals surface area (Å²) in [6.45, 7) is 14.7. The first kappa shape index (κ1) is 14.8. The van der Waals surface area contributed by atoms with E-state index in [2.05, 4.69) is 37.5 Å². The lowest BCUT2D eigenvalue weighted by molar-refractivity contribution is -0.0794. The molecule has 0 radical (unpaired) electrons. The molecule has 116 valence electrons. The zero-order valence-corrected chi connectivity index (χ0v) is 13.6. The van der Waals surface area contributed by atoms with E-state index in [4.69, 9.17) is 10.5 Å². The number of nitrogens with two attached hydrogens (primary N) is 1. The van der Waals surface area contributed by atoms with Gasteiger partial charge in [0.1, 0.15) is 0 Å². The first-order valence-electron chi connectivity index (χ1n) is 8.22. The molecule has 0 aromatic carbocycles. The van der Waals surface area contributed by atoms with Crippen LogP contribution < -0.4 is 5.73 Å². The van der Waals surface area contributed by atoms with Crippen LogP contribution in [0.25, 0.3) is 0 Å². The molecule has 0 aliphatic carbocycles. The molecule has 3 aliphatic heterocycles. The van der Waals surface area contributed by atoms with E-state index in [1.165, 1.54) is 39.0 Å². The minimum atomic E-state index is -0.205. The van der Waals surface area contributed by atoms with Crippen molar-refractivity contribution in [3.63, 3.8) is 0 Å². The maximum absolute atomic E-state index is 6.49. The molecule has 0 amide bonds. The third kappa shape index (κ3) is 2.52. The average Bonchev–Trinajstić information content (AvgIpc) is 2.85. The molecular formula is C16H31N3O. The van der Waals surface area contributed by atoms with Gasteiger partial charge in [-0.2, -0.15) is 0 Å². The molecule has 3 heterocycles. The van der Waals surface area contributed by atoms with Crippen molar-refractivity contribution in [1.29, 1.82) is 0 Å². The second-order valence-electron chi connectivity index (χ2n) is 8.03. The quantitative estimate of drug-likeness (QED) is 0.828. The van der Waals surface area contributed by atoms with Crippen molar-refractivity contribution in [3.8, 4) is 0 Å². The van der Waals surface area contributed by atoms with Gasteiger partial charge in [-0.25, -0.2) is 0 Å². The molecule has 3 unspecified atom stereocenters. The van der Waals surface area contributed by atoms with Crippen molar-refractivity contribution in [2.45, 2.75) is 63.8 Å². The van der Waals surface area contributed by atoms with Crippen LogP contribution in [0.4, 0.5) is 0 Å². The molecule has 3 fully saturated rings. The van der Waals surface area contributed by atoms with E-state index < -0.39 is 0 Å². The van der Waals surface area contributed by atoms with Crippen LogP contribution in [0.5, 0.6) is 0 Å². The SMILES string of the molecule is CC1(C)OC(C)(C)C(CN2CCN3CCCC3C2)C1N. The fraction of sp³-hybridized carbons (Fsp3) is 1.00. The fourth-order valence-corrected chi connectivity index (χ4v) is 4.57. The molecule has 4 heteroatoms. The lowest BCUT2D eigenvalue weighted by Crippen LogP contribution is -2.54. The molecule has 0 bridgehead atoms. The van der Waals surface area contributed by atoms with Crippen molar-refractivity contribution in [1.82, 2.24) is 9.80 Å². The first-order chi connectivity index (χ1) is 9.29. The van der Waals surface area contributed by atoms with Gasteiger partial charge in [0.2, 0.25) is 0 Å². The second-order valence-corrected chi connectivity index (χ2v) is 8.03. The van der Waals surface area contributed by atoms with Gasteiger partial charge in [0.05, 0.1) is 11.2 Å². The third-order valence-corrected chi connectivity index (χ3v) is 5.78. The summed E-state index contributed by atoms with van der Waals surface area (Å²) in [6, 6.07) is 0.914. The number of nitrogens with zero attached hydrogens (tertiary/aromatic N) is 2. The number of ether oxygens (including phenoxy) is 1. The van der Waals surface area contributed by atoms with E-state index in [0.717, 1.165) is 12.6 Å². The Morgan fingerprint density at radius 3 is 2.50 bits per heavy atom. The van der Waals surface area contributed by atoms with Crippen molar-refractivity contribution in [2.75, 3.05) is 32.7 Å². The van der Waals surface area contributed by atoms with Gasteiger partial charge in [-0.1, -0.05) is 0 Å². The Morgan fingerprint density at radius 2 is 1.85 bits per heavy atom. The Hall–Kier alpha value is -0.160. The van der Waals surface area contributed by atoms with E-state index in [1.807, 2.05) is 0 Å². The molecule has 4 nitrogen and oxygen atoms in total. The van der Waals surface area contributed by atoms with Gasteiger partial charge in [-0.05, 0) is 47.1 Å². The zero-order chi connectivity index (χ0) is 14.5. The molecule has 3 aliphatic rings. The Bertz CT molecular complexity index is 369. The maximum atomic E-state index is 6.49. The summed E-state index contributed by atoms with van der Waals surface area (Å²) >= 11 is 0. The highest BCUT2D eigenvalue weighted by Gasteiger charge is 2.52. The molecule has 0 saturated carbocycles. The molecular weight excluding hydrogens is 250 g/mol. The fourth-order valence-electron chi connectivity index (χ4n) is 4.57. The molecule has 0 aromatic rings. The van der Waals surface area contributed by atoms with E-state index in [1.54, 1.807) is 0 Å². The largest absolute Gasteiger partial charge is 0.368 e. The average molecular weight is 281 g/mol. The Kier molecular flexibility index (Phi) is 3.65. The van der Waals surface area contributed by atoms with Crippen molar-refractivity contribution < 1.29 is 4.74 Å². The van der Waals surface area contributed by atoms with Crippen molar-refractivity contribution in [2.24, 2.45) is 11.7 Å². The molecule has 0 aromatic heterocycles. The second kappa shape index (κ2) is 4.94. The van der Waals surface area contributed by atoms with Crippen LogP contribution in [0.2, 0.25) is 0 Å². The predicted molar refractivity (Wildman–Crippen MR) is 81.7 cm³/mol. The number of rotatable bonds is 2. The minimum Gasteiger partial charge on any atom is -0.368 e. The Morgan fingerprint density at radius 1 is 1.10 bits per heavy atom. The summed E-state index contributed by atoms with van der Waals surface area (Å²) in [5.41, 5.74) is 6.17. The zero-order valence-electron chi connectivity index (χ0n) is 13.6. The number of fused-ring (bicyclic) bond motifs is 1. The number of hydrogen-bond donors (Lipinski definition) is 1. The topological polar surface area (TPSA) is 41.7 Å². The predicted octanol–water partition coefficient (Wildman–Crippen LogP) is 1.30. The van der Waals surface area contributed by atoms with Crippen molar-refractivity contribution >= 4 is 0 Å². The number of hydrogen-bond acceptors (Lipinski definition) is 4. The molecule has 20 heavy (non-hydrogen) atoms. The molecule has 0 spiro atoms. The van der Waals surface area contributed by atoms with Crippen LogP contribution in [0.1, 0.15) is 40.5 Å². The number of piperazine rings is 1. The monoisotopic (exact) mass is 281 g/mol. The summed E-state index contributed by atoms with van der Waals surface area (Å²) in [5.74, 6) is 0.422. The van der Waals surface area contributed by atoms with E-state index in [-0.39, 0.29) is 17.2 Å². The van der Waals surface area contributed by atoms with Gasteiger partial charge in [0.25, 0.3) is 0 Å². The van der Waals surface area contributed by atoms with Crippen molar-refractivity contribution in [3.05, 3.63) is 0 Å². The molecule has 3 saturated heterocycles. The highest BCUT2D eigenvalue weighted by molar-refractivity contribution is 5.05. The summed E-state index contributed by atoms with van der Waals surface area (Å²) in [6.07, 6.45) is 2.75. The first-order valence-corrected chi connectivity index (χ1v) is 8.22. The summed E-state index contributed by atoms with van der Waals surface area (Å²) in [5, 5.41) is 0. The molecule has 2 N–H and O–H groups in total. The van der Waals surface area contributed by atoms with Crippen LogP contribution in [-0.2, 0) is 4.74 Å². The van der Waals surface area contributed by atoms with Gasteiger partial charge in [-0.15, -0.1) is 0 Å². The normalized spacial score (nSPS) is 41.0. The van der Waals surface area contributed by atoms with Gasteiger partial charge >= 0.3 is 0 Å². The van der Waals surface area contributed by atoms with Gasteiger partial charge in [0.15, 0.2) is 0 Å². The summed E-state index contributed by atoms with van der Waals surface area (Å²) < 4.78 is 6.23. The highest BCUT2D eigenvalue weighted by Crippen LogP contribution is 2.41. The Balaban J connectivity index is 1.65. The lowest BCUT2D eigenvalue weighted by atomic mass is 9.82. The van der Waals surface area contributed by atoms with Crippen LogP contribution >= 0.6 is 0 Å². The summed E-state index contributed by atoms with van der Waals surface area (Å²) in [7, 11) is 0. The van der Waals surface area contributed by atoms with E-state index >= 15 is 0 Å². The Labute approximate surface area is 123 Å². The van der Waals surface area contributed by atoms with Crippen LogP contribution in [0.15, 0.2) is 0 Å². The third-order valence-electron chi connectivity index (χ3n) is 5.78. The van der Waals surface area contributed by atoms with Gasteiger partial charge in [0, 0.05) is 44.2 Å². The smallest absolute Gasteiger partial charge is 0.0788 e. The van der Waals surface area contributed by atoms with Crippen LogP contribution in [0, 0.1) is 5.92 Å². The lowest BCUT2D eigenvalue weighted by Gasteiger charge is -2.40. The van der Waals surface area contributed by atoms with E-state index in [9.17, 15) is 0 Å². The minimum absolute atomic E-state index is 0.115. The molecule has 3 atom stereocenters. The highest BCUT2D eigenvalue weighted by atomic mass is 16.5. The van der Waals surface area contributed by atoms with Crippen LogP contribution in [0.3, 0.4) is 0 Å². The van der Waals surface area contributed by atoms with Gasteiger partial charge in [-0.3, -0.25) is 4.90 Å². The standard InChI is InChI=1S/C16H31N3O/c1-15(2)13(14(17)16(3,4)20-15)11-18-8-9-19-7-5-6-12(19)10-18/h12-14H,5-11,17H2,1-4H3.